The molecular formula is C8H6ClN2. The normalized spacial score (nSPS) is 13.9. The van der Waals surface area contributed by atoms with E-state index in [1.54, 1.807) is 12.9 Å². The molecule has 1 heterocycles. The van der Waals surface area contributed by atoms with E-state index in [1.165, 1.54) is 0 Å². The Bertz CT molecular complexity index is 307. The van der Waals surface area contributed by atoms with Crippen molar-refractivity contribution in [3.8, 4) is 0 Å². The third-order valence-electron chi connectivity index (χ3n) is 1.52. The van der Waals surface area contributed by atoms with Crippen LogP contribution < -0.4 is 5.32 Å². The van der Waals surface area contributed by atoms with Crippen LogP contribution in [0.3, 0.4) is 0 Å². The molecule has 1 aromatic carbocycles. The van der Waals surface area contributed by atoms with Gasteiger partial charge in [-0.05, 0) is 12.1 Å². The van der Waals surface area contributed by atoms with E-state index in [2.05, 4.69) is 10.3 Å². The summed E-state index contributed by atoms with van der Waals surface area (Å²) in [4.78, 5) is 3.94. The Balaban J connectivity index is 2.48. The molecule has 2 rings (SSSR count). The zero-order chi connectivity index (χ0) is 7.68. The van der Waals surface area contributed by atoms with Crippen molar-refractivity contribution in [1.29, 1.82) is 0 Å². The molecule has 3 heteroatoms. The van der Waals surface area contributed by atoms with Gasteiger partial charge in [-0.1, -0.05) is 17.7 Å². The highest BCUT2D eigenvalue weighted by Gasteiger charge is 2.04. The third kappa shape index (κ3) is 1.21. The van der Waals surface area contributed by atoms with E-state index in [9.17, 15) is 0 Å². The molecule has 0 unspecified atom stereocenters. The maximum atomic E-state index is 5.78. The molecule has 1 aliphatic rings. The molecule has 11 heavy (non-hydrogen) atoms. The number of anilines is 1. The van der Waals surface area contributed by atoms with Crippen LogP contribution in [0.4, 0.5) is 5.69 Å². The van der Waals surface area contributed by atoms with Crippen molar-refractivity contribution in [3.63, 3.8) is 0 Å². The van der Waals surface area contributed by atoms with Gasteiger partial charge in [-0.2, -0.15) is 0 Å². The van der Waals surface area contributed by atoms with E-state index in [-0.39, 0.29) is 0 Å². The number of fused-ring (bicyclic) bond motifs is 1. The first-order valence-corrected chi connectivity index (χ1v) is 3.65. The van der Waals surface area contributed by atoms with Gasteiger partial charge in [0.05, 0.1) is 6.34 Å². The fourth-order valence-electron chi connectivity index (χ4n) is 0.990. The Kier molecular flexibility index (Phi) is 1.55. The highest BCUT2D eigenvalue weighted by atomic mass is 35.5. The summed E-state index contributed by atoms with van der Waals surface area (Å²) in [5.41, 5.74) is 2.07. The SMILES string of the molecule is Clc1ccc2c(c1)NC=N[CH]2. The highest BCUT2D eigenvalue weighted by molar-refractivity contribution is 6.31. The molecule has 0 atom stereocenters. The Morgan fingerprint density at radius 3 is 3.18 bits per heavy atom. The number of halogens is 1. The number of benzene rings is 1. The second kappa shape index (κ2) is 2.55. The van der Waals surface area contributed by atoms with Gasteiger partial charge in [-0.3, -0.25) is 4.99 Å². The van der Waals surface area contributed by atoms with E-state index >= 15 is 0 Å². The van der Waals surface area contributed by atoms with Crippen molar-refractivity contribution >= 4 is 23.6 Å². The number of nitrogens with zero attached hydrogens (tertiary/aromatic N) is 1. The van der Waals surface area contributed by atoms with Crippen molar-refractivity contribution in [3.05, 3.63) is 35.3 Å². The van der Waals surface area contributed by atoms with Gasteiger partial charge in [0.1, 0.15) is 6.54 Å². The van der Waals surface area contributed by atoms with Crippen LogP contribution in [0.5, 0.6) is 0 Å². The van der Waals surface area contributed by atoms with Gasteiger partial charge in [0, 0.05) is 16.3 Å². The fourth-order valence-corrected chi connectivity index (χ4v) is 1.16. The maximum Gasteiger partial charge on any atom is 0.105 e. The van der Waals surface area contributed by atoms with Crippen LogP contribution in [0.15, 0.2) is 23.2 Å². The average Bonchev–Trinajstić information content (AvgIpc) is 2.04. The number of rotatable bonds is 0. The first kappa shape index (κ1) is 6.68. The van der Waals surface area contributed by atoms with Gasteiger partial charge in [-0.15, -0.1) is 0 Å². The van der Waals surface area contributed by atoms with Crippen LogP contribution in [0, 0.1) is 6.54 Å². The van der Waals surface area contributed by atoms with Crippen LogP contribution in [-0.2, 0) is 0 Å². The predicted octanol–water partition coefficient (Wildman–Crippen LogP) is 2.30. The van der Waals surface area contributed by atoms with Crippen molar-refractivity contribution in [2.24, 2.45) is 4.99 Å². The molecule has 0 saturated heterocycles. The molecule has 0 saturated carbocycles. The summed E-state index contributed by atoms with van der Waals surface area (Å²) in [6.45, 7) is 1.79. The van der Waals surface area contributed by atoms with E-state index in [1.807, 2.05) is 18.2 Å². The van der Waals surface area contributed by atoms with Crippen molar-refractivity contribution in [1.82, 2.24) is 0 Å². The van der Waals surface area contributed by atoms with Gasteiger partial charge in [0.2, 0.25) is 0 Å². The lowest BCUT2D eigenvalue weighted by Crippen LogP contribution is -2.03. The Morgan fingerprint density at radius 1 is 1.36 bits per heavy atom. The minimum atomic E-state index is 0.736. The summed E-state index contributed by atoms with van der Waals surface area (Å²) in [7, 11) is 0. The van der Waals surface area contributed by atoms with Crippen LogP contribution >= 0.6 is 11.6 Å². The lowest BCUT2D eigenvalue weighted by atomic mass is 10.1. The average molecular weight is 166 g/mol. The number of hydrogen-bond donors (Lipinski definition) is 1. The zero-order valence-corrected chi connectivity index (χ0v) is 6.47. The van der Waals surface area contributed by atoms with Gasteiger partial charge in [-0.25, -0.2) is 0 Å². The van der Waals surface area contributed by atoms with Gasteiger partial charge in [0.15, 0.2) is 0 Å². The van der Waals surface area contributed by atoms with Gasteiger partial charge >= 0.3 is 0 Å². The zero-order valence-electron chi connectivity index (χ0n) is 5.71. The summed E-state index contributed by atoms with van der Waals surface area (Å²) in [6, 6.07) is 5.65. The Labute approximate surface area is 69.9 Å². The Hall–Kier alpha value is -1.02. The third-order valence-corrected chi connectivity index (χ3v) is 1.76. The monoisotopic (exact) mass is 165 g/mol. The standard InChI is InChI=1S/C8H6ClN2/c9-7-2-1-6-4-10-5-11-8(6)3-7/h1-5H,(H,10,11). The second-order valence-electron chi connectivity index (χ2n) is 2.28. The second-order valence-corrected chi connectivity index (χ2v) is 2.72. The molecule has 1 aliphatic heterocycles. The summed E-state index contributed by atoms with van der Waals surface area (Å²) in [5.74, 6) is 0. The first-order valence-electron chi connectivity index (χ1n) is 3.27. The summed E-state index contributed by atoms with van der Waals surface area (Å²) in [6.07, 6.45) is 1.64. The van der Waals surface area contributed by atoms with E-state index < -0.39 is 0 Å². The predicted molar refractivity (Wildman–Crippen MR) is 47.0 cm³/mol. The molecule has 0 fully saturated rings. The van der Waals surface area contributed by atoms with Crippen molar-refractivity contribution in [2.75, 3.05) is 5.32 Å². The molecule has 0 bridgehead atoms. The number of aliphatic imine (C=N–C) groups is 1. The van der Waals surface area contributed by atoms with Gasteiger partial charge in [0.25, 0.3) is 0 Å². The minimum Gasteiger partial charge on any atom is -0.346 e. The van der Waals surface area contributed by atoms with Crippen LogP contribution in [-0.4, -0.2) is 6.34 Å². The molecule has 0 aromatic heterocycles. The summed E-state index contributed by atoms with van der Waals surface area (Å²) < 4.78 is 0. The fraction of sp³-hybridized carbons (Fsp3) is 0. The molecule has 1 radical (unpaired) electrons. The first-order chi connectivity index (χ1) is 5.36. The number of hydrogen-bond acceptors (Lipinski definition) is 2. The molecule has 1 aromatic rings. The highest BCUT2D eigenvalue weighted by Crippen LogP contribution is 2.23. The van der Waals surface area contributed by atoms with Crippen molar-refractivity contribution in [2.45, 2.75) is 0 Å². The molecule has 0 spiro atoms. The van der Waals surface area contributed by atoms with Gasteiger partial charge < -0.3 is 5.32 Å². The van der Waals surface area contributed by atoms with Crippen LogP contribution in [0.1, 0.15) is 5.56 Å². The molecular weight excluding hydrogens is 160 g/mol. The van der Waals surface area contributed by atoms with E-state index in [0.29, 0.717) is 0 Å². The van der Waals surface area contributed by atoms with E-state index in [0.717, 1.165) is 16.3 Å². The molecule has 0 amide bonds. The topological polar surface area (TPSA) is 24.4 Å². The Morgan fingerprint density at radius 2 is 2.27 bits per heavy atom. The molecule has 0 aliphatic carbocycles. The lowest BCUT2D eigenvalue weighted by molar-refractivity contribution is 1.32. The number of nitrogens with one attached hydrogen (secondary N) is 1. The molecule has 2 nitrogen and oxygen atoms in total. The van der Waals surface area contributed by atoms with Crippen LogP contribution in [0.2, 0.25) is 5.02 Å². The quantitative estimate of drug-likeness (QED) is 0.627. The largest absolute Gasteiger partial charge is 0.346 e. The smallest absolute Gasteiger partial charge is 0.105 e. The maximum absolute atomic E-state index is 5.78. The van der Waals surface area contributed by atoms with Crippen molar-refractivity contribution < 1.29 is 0 Å². The van der Waals surface area contributed by atoms with E-state index in [4.69, 9.17) is 11.6 Å². The molecule has 1 N–H and O–H groups in total. The molecule has 55 valence electrons. The minimum absolute atomic E-state index is 0.736. The lowest BCUT2D eigenvalue weighted by Gasteiger charge is -2.10. The summed E-state index contributed by atoms with van der Waals surface area (Å²) in [5, 5.41) is 3.73. The van der Waals surface area contributed by atoms with Crippen LogP contribution in [0.25, 0.3) is 0 Å². The summed E-state index contributed by atoms with van der Waals surface area (Å²) >= 11 is 5.78.